The SMILES string of the molecule is CCCCCC/C=C\COC(C)OCCCCCCCCC(C)CCCCCCCCOC(C)OC/C=C\CCCCCC. The van der Waals surface area contributed by atoms with E-state index in [0.717, 1.165) is 32.0 Å². The van der Waals surface area contributed by atoms with Crippen LogP contribution in [0.5, 0.6) is 0 Å². The minimum absolute atomic E-state index is 0.0995. The van der Waals surface area contributed by atoms with Gasteiger partial charge in [-0.1, -0.05) is 161 Å². The van der Waals surface area contributed by atoms with Gasteiger partial charge >= 0.3 is 0 Å². The lowest BCUT2D eigenvalue weighted by Crippen LogP contribution is -2.13. The van der Waals surface area contributed by atoms with Gasteiger partial charge in [-0.15, -0.1) is 0 Å². The predicted molar refractivity (Wildman–Crippen MR) is 192 cm³/mol. The summed E-state index contributed by atoms with van der Waals surface area (Å²) < 4.78 is 23.1. The molecular formula is C40H78O4. The second-order valence-electron chi connectivity index (χ2n) is 13.1. The Morgan fingerprint density at radius 3 is 1.16 bits per heavy atom. The van der Waals surface area contributed by atoms with Crippen molar-refractivity contribution in [3.63, 3.8) is 0 Å². The molecule has 2 unspecified atom stereocenters. The number of hydrogen-bond donors (Lipinski definition) is 0. The van der Waals surface area contributed by atoms with Gasteiger partial charge in [0.15, 0.2) is 12.6 Å². The summed E-state index contributed by atoms with van der Waals surface area (Å²) in [6.45, 7) is 14.0. The number of hydrogen-bond acceptors (Lipinski definition) is 4. The van der Waals surface area contributed by atoms with E-state index in [9.17, 15) is 0 Å². The molecule has 0 amide bonds. The van der Waals surface area contributed by atoms with E-state index >= 15 is 0 Å². The molecule has 0 fully saturated rings. The van der Waals surface area contributed by atoms with Crippen molar-refractivity contribution in [2.45, 2.75) is 201 Å². The van der Waals surface area contributed by atoms with Gasteiger partial charge in [0.25, 0.3) is 0 Å². The molecule has 0 aliphatic carbocycles. The Morgan fingerprint density at radius 2 is 0.750 bits per heavy atom. The molecule has 4 nitrogen and oxygen atoms in total. The maximum absolute atomic E-state index is 5.81. The fourth-order valence-corrected chi connectivity index (χ4v) is 5.47. The van der Waals surface area contributed by atoms with Crippen molar-refractivity contribution < 1.29 is 18.9 Å². The number of allylic oxidation sites excluding steroid dienone is 2. The minimum Gasteiger partial charge on any atom is -0.353 e. The van der Waals surface area contributed by atoms with Crippen LogP contribution in [-0.2, 0) is 18.9 Å². The van der Waals surface area contributed by atoms with Gasteiger partial charge < -0.3 is 18.9 Å². The van der Waals surface area contributed by atoms with E-state index in [1.54, 1.807) is 0 Å². The summed E-state index contributed by atoms with van der Waals surface area (Å²) in [4.78, 5) is 0. The lowest BCUT2D eigenvalue weighted by molar-refractivity contribution is -0.123. The van der Waals surface area contributed by atoms with E-state index in [1.165, 1.54) is 141 Å². The maximum Gasteiger partial charge on any atom is 0.155 e. The van der Waals surface area contributed by atoms with Crippen molar-refractivity contribution in [3.05, 3.63) is 24.3 Å². The molecule has 44 heavy (non-hydrogen) atoms. The Morgan fingerprint density at radius 1 is 0.386 bits per heavy atom. The molecule has 0 radical (unpaired) electrons. The van der Waals surface area contributed by atoms with Gasteiger partial charge in [-0.25, -0.2) is 0 Å². The van der Waals surface area contributed by atoms with Crippen LogP contribution in [0.15, 0.2) is 24.3 Å². The summed E-state index contributed by atoms with van der Waals surface area (Å²) in [7, 11) is 0. The van der Waals surface area contributed by atoms with Crippen LogP contribution in [-0.4, -0.2) is 39.0 Å². The molecule has 262 valence electrons. The van der Waals surface area contributed by atoms with Gasteiger partial charge in [0.2, 0.25) is 0 Å². The molecule has 0 aromatic heterocycles. The van der Waals surface area contributed by atoms with Gasteiger partial charge in [0.1, 0.15) is 0 Å². The highest BCUT2D eigenvalue weighted by molar-refractivity contribution is 4.81. The van der Waals surface area contributed by atoms with E-state index in [2.05, 4.69) is 45.1 Å². The molecule has 0 spiro atoms. The third kappa shape index (κ3) is 35.8. The normalized spacial score (nSPS) is 14.2. The fraction of sp³-hybridized carbons (Fsp3) is 0.900. The third-order valence-electron chi connectivity index (χ3n) is 8.52. The van der Waals surface area contributed by atoms with E-state index in [1.807, 2.05) is 13.8 Å². The lowest BCUT2D eigenvalue weighted by atomic mass is 9.96. The predicted octanol–water partition coefficient (Wildman–Crippen LogP) is 12.9. The maximum atomic E-state index is 5.81. The first-order valence-electron chi connectivity index (χ1n) is 19.4. The molecule has 0 rings (SSSR count). The van der Waals surface area contributed by atoms with Crippen molar-refractivity contribution >= 4 is 0 Å². The Hall–Kier alpha value is -0.680. The van der Waals surface area contributed by atoms with Crippen molar-refractivity contribution in [2.24, 2.45) is 5.92 Å². The molecule has 0 heterocycles. The highest BCUT2D eigenvalue weighted by Gasteiger charge is 2.04. The zero-order valence-corrected chi connectivity index (χ0v) is 30.5. The van der Waals surface area contributed by atoms with Gasteiger partial charge in [0, 0.05) is 13.2 Å². The van der Waals surface area contributed by atoms with Crippen LogP contribution < -0.4 is 0 Å². The molecule has 0 N–H and O–H groups in total. The number of rotatable bonds is 36. The van der Waals surface area contributed by atoms with E-state index < -0.39 is 0 Å². The molecule has 0 aliphatic heterocycles. The van der Waals surface area contributed by atoms with E-state index in [4.69, 9.17) is 18.9 Å². The average molecular weight is 623 g/mol. The first kappa shape index (κ1) is 43.3. The Kier molecular flexibility index (Phi) is 36.2. The van der Waals surface area contributed by atoms with Crippen molar-refractivity contribution in [1.29, 1.82) is 0 Å². The smallest absolute Gasteiger partial charge is 0.155 e. The first-order valence-corrected chi connectivity index (χ1v) is 19.4. The molecule has 2 atom stereocenters. The number of ether oxygens (including phenoxy) is 4. The summed E-state index contributed by atoms with van der Waals surface area (Å²) in [5, 5.41) is 0. The molecule has 0 saturated heterocycles. The second kappa shape index (κ2) is 36.8. The van der Waals surface area contributed by atoms with Gasteiger partial charge in [-0.05, 0) is 58.3 Å². The zero-order chi connectivity index (χ0) is 32.2. The van der Waals surface area contributed by atoms with Gasteiger partial charge in [-0.3, -0.25) is 0 Å². The summed E-state index contributed by atoms with van der Waals surface area (Å²) in [5.41, 5.74) is 0. The van der Waals surface area contributed by atoms with Crippen LogP contribution in [0.3, 0.4) is 0 Å². The quantitative estimate of drug-likeness (QED) is 0.0396. The second-order valence-corrected chi connectivity index (χ2v) is 13.1. The molecule has 0 saturated carbocycles. The molecule has 0 bridgehead atoms. The molecule has 0 aromatic rings. The van der Waals surface area contributed by atoms with Crippen LogP contribution in [0.4, 0.5) is 0 Å². The molecule has 0 aliphatic rings. The Bertz CT molecular complexity index is 540. The van der Waals surface area contributed by atoms with E-state index in [0.29, 0.717) is 13.2 Å². The summed E-state index contributed by atoms with van der Waals surface area (Å²) >= 11 is 0. The summed E-state index contributed by atoms with van der Waals surface area (Å²) in [5.74, 6) is 0.881. The topological polar surface area (TPSA) is 36.9 Å². The van der Waals surface area contributed by atoms with Gasteiger partial charge in [0.05, 0.1) is 13.2 Å². The van der Waals surface area contributed by atoms with Crippen LogP contribution in [0.2, 0.25) is 0 Å². The monoisotopic (exact) mass is 623 g/mol. The zero-order valence-electron chi connectivity index (χ0n) is 30.5. The fourth-order valence-electron chi connectivity index (χ4n) is 5.47. The molecule has 4 heteroatoms. The highest BCUT2D eigenvalue weighted by atomic mass is 16.7. The molecular weight excluding hydrogens is 544 g/mol. The Labute approximate surface area is 276 Å². The minimum atomic E-state index is -0.0995. The summed E-state index contributed by atoms with van der Waals surface area (Å²) in [6, 6.07) is 0. The van der Waals surface area contributed by atoms with Crippen molar-refractivity contribution in [1.82, 2.24) is 0 Å². The standard InChI is InChI=1S/C40H78O4/c1-6-8-10-12-16-22-28-34-41-39(4)43-36-30-24-18-14-20-26-32-38(3)33-27-21-15-19-25-31-37-44-40(5)42-35-29-23-17-13-11-9-7-2/h22-23,28-29,38-40H,6-21,24-27,30-37H2,1-5H3/b28-22-,29-23-. The lowest BCUT2D eigenvalue weighted by Gasteiger charge is -2.13. The van der Waals surface area contributed by atoms with Crippen molar-refractivity contribution in [3.8, 4) is 0 Å². The van der Waals surface area contributed by atoms with Gasteiger partial charge in [-0.2, -0.15) is 0 Å². The first-order chi connectivity index (χ1) is 21.6. The summed E-state index contributed by atoms with van der Waals surface area (Å²) in [6.07, 6.45) is 40.1. The highest BCUT2D eigenvalue weighted by Crippen LogP contribution is 2.18. The van der Waals surface area contributed by atoms with E-state index in [-0.39, 0.29) is 12.6 Å². The van der Waals surface area contributed by atoms with Crippen molar-refractivity contribution in [2.75, 3.05) is 26.4 Å². The van der Waals surface area contributed by atoms with Crippen LogP contribution in [0, 0.1) is 5.92 Å². The number of unbranched alkanes of at least 4 members (excludes halogenated alkanes) is 18. The average Bonchev–Trinajstić information content (AvgIpc) is 3.02. The van der Waals surface area contributed by atoms with Crippen LogP contribution >= 0.6 is 0 Å². The van der Waals surface area contributed by atoms with Crippen LogP contribution in [0.25, 0.3) is 0 Å². The molecule has 0 aromatic carbocycles. The Balaban J connectivity index is 3.34. The van der Waals surface area contributed by atoms with Crippen LogP contribution in [0.1, 0.15) is 189 Å². The largest absolute Gasteiger partial charge is 0.353 e. The third-order valence-corrected chi connectivity index (χ3v) is 8.52.